The molecule has 1 amide bonds. The number of halogens is 1. The lowest BCUT2D eigenvalue weighted by atomic mass is 9.92. The van der Waals surface area contributed by atoms with Gasteiger partial charge in [-0.3, -0.25) is 4.79 Å². The number of rotatable bonds is 8. The topological polar surface area (TPSA) is 59.6 Å². The van der Waals surface area contributed by atoms with Crippen LogP contribution in [0.3, 0.4) is 0 Å². The smallest absolute Gasteiger partial charge is 0.223 e. The Kier molecular flexibility index (Phi) is 9.86. The molecule has 6 heteroatoms. The highest BCUT2D eigenvalue weighted by Gasteiger charge is 2.24. The number of carbonyl (C=O) groups excluding carboxylic acids is 1. The van der Waals surface area contributed by atoms with Gasteiger partial charge in [-0.05, 0) is 44.9 Å². The number of hydrogen-bond donors (Lipinski definition) is 2. The molecule has 2 N–H and O–H groups in total. The number of benzene rings is 1. The Morgan fingerprint density at radius 3 is 2.88 bits per heavy atom. The summed E-state index contributed by atoms with van der Waals surface area (Å²) in [4.78, 5) is 12.4. The van der Waals surface area contributed by atoms with E-state index in [-0.39, 0.29) is 24.2 Å². The van der Waals surface area contributed by atoms with E-state index in [2.05, 4.69) is 23.6 Å². The Labute approximate surface area is 157 Å². The van der Waals surface area contributed by atoms with Gasteiger partial charge in [0.2, 0.25) is 5.91 Å². The number of amides is 1. The Hall–Kier alpha value is -1.30. The fourth-order valence-corrected chi connectivity index (χ4v) is 3.02. The van der Waals surface area contributed by atoms with E-state index in [9.17, 15) is 4.79 Å². The van der Waals surface area contributed by atoms with E-state index in [4.69, 9.17) is 9.47 Å². The van der Waals surface area contributed by atoms with Gasteiger partial charge in [-0.2, -0.15) is 0 Å². The van der Waals surface area contributed by atoms with E-state index in [1.807, 2.05) is 19.1 Å². The van der Waals surface area contributed by atoms with Crippen molar-refractivity contribution in [1.82, 2.24) is 10.6 Å². The summed E-state index contributed by atoms with van der Waals surface area (Å²) in [5, 5.41) is 6.46. The fraction of sp³-hybridized carbons (Fsp3) is 0.632. The van der Waals surface area contributed by atoms with Gasteiger partial charge in [-0.1, -0.05) is 12.1 Å². The summed E-state index contributed by atoms with van der Waals surface area (Å²) in [6.07, 6.45) is 2.66. The minimum atomic E-state index is 0. The zero-order valence-electron chi connectivity index (χ0n) is 15.5. The monoisotopic (exact) mass is 370 g/mol. The molecule has 1 aliphatic heterocycles. The summed E-state index contributed by atoms with van der Waals surface area (Å²) < 4.78 is 10.9. The summed E-state index contributed by atoms with van der Waals surface area (Å²) in [5.41, 5.74) is 2.17. The molecule has 1 saturated heterocycles. The second kappa shape index (κ2) is 11.3. The first-order valence-electron chi connectivity index (χ1n) is 8.82. The van der Waals surface area contributed by atoms with Crippen molar-refractivity contribution >= 4 is 18.3 Å². The molecule has 25 heavy (non-hydrogen) atoms. The van der Waals surface area contributed by atoms with Crippen LogP contribution in [0.5, 0.6) is 5.75 Å². The average molecular weight is 371 g/mol. The largest absolute Gasteiger partial charge is 0.493 e. The molecule has 2 atom stereocenters. The molecular weight excluding hydrogens is 340 g/mol. The third-order valence-electron chi connectivity index (χ3n) is 4.42. The van der Waals surface area contributed by atoms with Crippen molar-refractivity contribution in [3.8, 4) is 5.75 Å². The molecule has 142 valence electrons. The molecule has 1 aromatic carbocycles. The summed E-state index contributed by atoms with van der Waals surface area (Å²) in [7, 11) is 1.69. The number of hydrogen-bond acceptors (Lipinski definition) is 4. The summed E-state index contributed by atoms with van der Waals surface area (Å²) >= 11 is 0. The molecule has 1 fully saturated rings. The van der Waals surface area contributed by atoms with E-state index >= 15 is 0 Å². The minimum absolute atomic E-state index is 0. The van der Waals surface area contributed by atoms with Crippen LogP contribution in [0.25, 0.3) is 0 Å². The van der Waals surface area contributed by atoms with Crippen molar-refractivity contribution < 1.29 is 14.3 Å². The lowest BCUT2D eigenvalue weighted by molar-refractivity contribution is -0.126. The van der Waals surface area contributed by atoms with Gasteiger partial charge in [0, 0.05) is 44.2 Å². The zero-order chi connectivity index (χ0) is 17.4. The first-order valence-corrected chi connectivity index (χ1v) is 8.82. The van der Waals surface area contributed by atoms with E-state index in [0.717, 1.165) is 42.7 Å². The number of nitrogens with one attached hydrogen (secondary N) is 2. The number of aryl methyl sites for hydroxylation is 1. The molecule has 1 heterocycles. The first kappa shape index (κ1) is 21.7. The second-order valence-corrected chi connectivity index (χ2v) is 6.60. The highest BCUT2D eigenvalue weighted by atomic mass is 35.5. The molecule has 0 unspecified atom stereocenters. The van der Waals surface area contributed by atoms with Gasteiger partial charge in [0.1, 0.15) is 5.75 Å². The minimum Gasteiger partial charge on any atom is -0.493 e. The maximum absolute atomic E-state index is 12.4. The van der Waals surface area contributed by atoms with E-state index in [0.29, 0.717) is 25.8 Å². The van der Waals surface area contributed by atoms with Crippen molar-refractivity contribution in [2.75, 3.05) is 26.9 Å². The van der Waals surface area contributed by atoms with Crippen LogP contribution in [0.2, 0.25) is 0 Å². The van der Waals surface area contributed by atoms with Crippen molar-refractivity contribution in [1.29, 1.82) is 0 Å². The molecule has 1 aliphatic rings. The van der Waals surface area contributed by atoms with Crippen LogP contribution in [0.1, 0.15) is 37.3 Å². The third-order valence-corrected chi connectivity index (χ3v) is 4.42. The van der Waals surface area contributed by atoms with Crippen LogP contribution in [-0.4, -0.2) is 38.8 Å². The summed E-state index contributed by atoms with van der Waals surface area (Å²) in [6.45, 7) is 6.90. The Morgan fingerprint density at radius 1 is 1.36 bits per heavy atom. The van der Waals surface area contributed by atoms with Gasteiger partial charge >= 0.3 is 0 Å². The molecule has 0 aromatic heterocycles. The predicted octanol–water partition coefficient (Wildman–Crippen LogP) is 2.84. The molecule has 0 aliphatic carbocycles. The number of ether oxygens (including phenoxy) is 2. The molecule has 0 radical (unpaired) electrons. The first-order chi connectivity index (χ1) is 11.6. The second-order valence-electron chi connectivity index (χ2n) is 6.60. The Balaban J connectivity index is 0.00000312. The maximum Gasteiger partial charge on any atom is 0.223 e. The number of piperidine rings is 1. The Morgan fingerprint density at radius 2 is 2.16 bits per heavy atom. The van der Waals surface area contributed by atoms with Crippen LogP contribution in [0.15, 0.2) is 18.2 Å². The number of methoxy groups -OCH3 is 1. The van der Waals surface area contributed by atoms with Crippen LogP contribution in [0.4, 0.5) is 0 Å². The fourth-order valence-electron chi connectivity index (χ4n) is 3.02. The molecular formula is C19H31ClN2O3. The summed E-state index contributed by atoms with van der Waals surface area (Å²) in [6, 6.07) is 6.53. The summed E-state index contributed by atoms with van der Waals surface area (Å²) in [5.74, 6) is 1.11. The van der Waals surface area contributed by atoms with Crippen LogP contribution < -0.4 is 15.4 Å². The normalized spacial score (nSPS) is 19.8. The molecule has 1 aromatic rings. The van der Waals surface area contributed by atoms with Gasteiger partial charge in [0.15, 0.2) is 0 Å². The molecule has 5 nitrogen and oxygen atoms in total. The van der Waals surface area contributed by atoms with Gasteiger partial charge in [-0.25, -0.2) is 0 Å². The quantitative estimate of drug-likeness (QED) is 0.691. The van der Waals surface area contributed by atoms with Crippen LogP contribution >= 0.6 is 12.4 Å². The van der Waals surface area contributed by atoms with Crippen molar-refractivity contribution in [2.24, 2.45) is 5.92 Å². The molecule has 0 saturated carbocycles. The van der Waals surface area contributed by atoms with Gasteiger partial charge in [0.25, 0.3) is 0 Å². The average Bonchev–Trinajstić information content (AvgIpc) is 2.57. The van der Waals surface area contributed by atoms with Crippen molar-refractivity contribution in [3.05, 3.63) is 29.3 Å². The number of carbonyl (C=O) groups is 1. The van der Waals surface area contributed by atoms with E-state index in [1.54, 1.807) is 7.11 Å². The molecule has 2 rings (SSSR count). The predicted molar refractivity (Wildman–Crippen MR) is 102 cm³/mol. The standard InChI is InChI=1S/C19H30N2O3.ClH/c1-14-5-6-17(18(11-14)24-10-4-9-23-3)13-21-19(22)16-7-8-20-15(2)12-16;/h5-6,11,15-16,20H,4,7-10,12-13H2,1-3H3,(H,21,22);1H/t15-,16-;/m0./s1. The zero-order valence-corrected chi connectivity index (χ0v) is 16.3. The van der Waals surface area contributed by atoms with Gasteiger partial charge < -0.3 is 20.1 Å². The van der Waals surface area contributed by atoms with Gasteiger partial charge in [0.05, 0.1) is 6.61 Å². The van der Waals surface area contributed by atoms with Crippen LogP contribution in [0, 0.1) is 12.8 Å². The van der Waals surface area contributed by atoms with Crippen molar-refractivity contribution in [2.45, 2.75) is 45.7 Å². The maximum atomic E-state index is 12.4. The highest BCUT2D eigenvalue weighted by Crippen LogP contribution is 2.21. The van der Waals surface area contributed by atoms with Crippen molar-refractivity contribution in [3.63, 3.8) is 0 Å². The third kappa shape index (κ3) is 7.22. The molecule has 0 spiro atoms. The Bertz CT molecular complexity index is 539. The van der Waals surface area contributed by atoms with Gasteiger partial charge in [-0.15, -0.1) is 12.4 Å². The highest BCUT2D eigenvalue weighted by molar-refractivity contribution is 5.85. The van der Waals surface area contributed by atoms with Crippen LogP contribution in [-0.2, 0) is 16.1 Å². The van der Waals surface area contributed by atoms with E-state index in [1.165, 1.54) is 0 Å². The lowest BCUT2D eigenvalue weighted by Gasteiger charge is -2.27. The molecule has 0 bridgehead atoms. The SMILES string of the molecule is COCCCOc1cc(C)ccc1CNC(=O)[C@H]1CCN[C@@H](C)C1.Cl. The van der Waals surface area contributed by atoms with E-state index < -0.39 is 0 Å². The lowest BCUT2D eigenvalue weighted by Crippen LogP contribution is -2.42.